The van der Waals surface area contributed by atoms with Gasteiger partial charge in [-0.3, -0.25) is 18.6 Å². The van der Waals surface area contributed by atoms with E-state index < -0.39 is 20.0 Å². The maximum atomic E-state index is 13.6. The predicted molar refractivity (Wildman–Crippen MR) is 323 cm³/mol. The quantitative estimate of drug-likeness (QED) is 0.0205. The van der Waals surface area contributed by atoms with Gasteiger partial charge in [0.2, 0.25) is 5.91 Å². The number of hydrogen-bond acceptors (Lipinski definition) is 6. The summed E-state index contributed by atoms with van der Waals surface area (Å²) in [5, 5.41) is 3.07. The van der Waals surface area contributed by atoms with Crippen molar-refractivity contribution in [1.82, 2.24) is 5.32 Å². The second kappa shape index (κ2) is 56.0. The Labute approximate surface area is 467 Å². The number of amides is 1. The predicted octanol–water partition coefficient (Wildman–Crippen LogP) is 20.3. The van der Waals surface area contributed by atoms with Crippen molar-refractivity contribution in [3.8, 4) is 0 Å². The first kappa shape index (κ1) is 73.8. The number of hydrogen-bond donors (Lipinski definition) is 2. The molecule has 0 radical (unpaired) electrons. The van der Waals surface area contributed by atoms with Gasteiger partial charge < -0.3 is 19.4 Å². The molecule has 75 heavy (non-hydrogen) atoms. The number of unbranched alkanes of at least 4 members (excludes halogenated alkanes) is 45. The number of nitrogens with one attached hydrogen (secondary N) is 1. The molecule has 0 aromatic heterocycles. The van der Waals surface area contributed by atoms with Gasteiger partial charge in [-0.2, -0.15) is 0 Å². The second-order valence-electron chi connectivity index (χ2n) is 24.0. The summed E-state index contributed by atoms with van der Waals surface area (Å²) >= 11 is 0. The van der Waals surface area contributed by atoms with Gasteiger partial charge in [0.1, 0.15) is 19.3 Å². The van der Waals surface area contributed by atoms with Crippen molar-refractivity contribution >= 4 is 19.7 Å². The zero-order valence-corrected chi connectivity index (χ0v) is 52.0. The second-order valence-corrected chi connectivity index (χ2v) is 25.5. The molecule has 0 aliphatic carbocycles. The number of phosphoric acid groups is 1. The number of quaternary nitrogens is 1. The molecule has 0 bridgehead atoms. The SMILES string of the molecule is CCCCCCCCCCCCC/C=C/C(OC(=O)CCCCCCCCCCCCC)C(COP(=O)(O)OCC[N+](C)(C)C)NC(=O)CCCCCCCCCCCCCCCCCCCCCCCCCCC. The Bertz CT molecular complexity index is 1290. The van der Waals surface area contributed by atoms with Gasteiger partial charge in [-0.05, 0) is 31.8 Å². The van der Waals surface area contributed by atoms with E-state index in [1.165, 1.54) is 250 Å². The highest BCUT2D eigenvalue weighted by atomic mass is 31.2. The summed E-state index contributed by atoms with van der Waals surface area (Å²) in [6.45, 7) is 7.06. The normalized spacial score (nSPS) is 13.6. The minimum atomic E-state index is -4.44. The third kappa shape index (κ3) is 57.3. The highest BCUT2D eigenvalue weighted by Crippen LogP contribution is 2.43. The van der Waals surface area contributed by atoms with E-state index in [9.17, 15) is 19.0 Å². The van der Waals surface area contributed by atoms with E-state index in [0.717, 1.165) is 57.8 Å². The number of likely N-dealkylation sites (N-methyl/N-ethyl adjacent to an activating group) is 1. The first-order valence-corrected chi connectivity index (χ1v) is 34.5. The highest BCUT2D eigenvalue weighted by molar-refractivity contribution is 7.47. The number of esters is 1. The van der Waals surface area contributed by atoms with E-state index in [1.807, 2.05) is 33.3 Å². The molecule has 0 aromatic carbocycles. The van der Waals surface area contributed by atoms with E-state index >= 15 is 0 Å². The Morgan fingerprint density at radius 1 is 0.453 bits per heavy atom. The van der Waals surface area contributed by atoms with Crippen LogP contribution in [0.1, 0.15) is 342 Å². The van der Waals surface area contributed by atoms with E-state index in [1.54, 1.807) is 0 Å². The van der Waals surface area contributed by atoms with Crippen LogP contribution < -0.4 is 5.32 Å². The summed E-state index contributed by atoms with van der Waals surface area (Å²) in [7, 11) is 1.52. The molecule has 1 amide bonds. The van der Waals surface area contributed by atoms with Crippen molar-refractivity contribution in [2.45, 2.75) is 354 Å². The molecule has 0 spiro atoms. The van der Waals surface area contributed by atoms with Crippen LogP contribution >= 0.6 is 7.82 Å². The number of carbonyl (C=O) groups excluding carboxylic acids is 2. The number of nitrogens with zero attached hydrogens (tertiary/aromatic N) is 1. The Balaban J connectivity index is 4.99. The zero-order chi connectivity index (χ0) is 55.0. The smallest absolute Gasteiger partial charge is 0.456 e. The molecule has 0 saturated heterocycles. The average Bonchev–Trinajstić information content (AvgIpc) is 3.37. The zero-order valence-electron chi connectivity index (χ0n) is 51.1. The molecule has 0 aliphatic heterocycles. The molecule has 2 N–H and O–H groups in total. The number of phosphoric ester groups is 1. The van der Waals surface area contributed by atoms with Crippen molar-refractivity contribution in [2.75, 3.05) is 40.9 Å². The Hall–Kier alpha value is -1.25. The molecular weight excluding hydrogens is 952 g/mol. The molecule has 0 heterocycles. The molecule has 3 atom stereocenters. The Morgan fingerprint density at radius 3 is 1.09 bits per heavy atom. The van der Waals surface area contributed by atoms with Gasteiger partial charge in [-0.1, -0.05) is 309 Å². The maximum Gasteiger partial charge on any atom is 0.472 e. The molecule has 0 rings (SSSR count). The number of carbonyl (C=O) groups is 2. The summed E-state index contributed by atoms with van der Waals surface area (Å²) in [6, 6.07) is -0.839. The summed E-state index contributed by atoms with van der Waals surface area (Å²) in [5.74, 6) is -0.484. The van der Waals surface area contributed by atoms with Crippen LogP contribution in [-0.4, -0.2) is 74.3 Å². The van der Waals surface area contributed by atoms with Crippen LogP contribution in [0.4, 0.5) is 0 Å². The number of allylic oxidation sites excluding steroid dienone is 1. The summed E-state index contributed by atoms with van der Waals surface area (Å²) in [4.78, 5) is 37.7. The molecule has 3 unspecified atom stereocenters. The Kier molecular flexibility index (Phi) is 55.1. The minimum absolute atomic E-state index is 0.0458. The first-order valence-electron chi connectivity index (χ1n) is 33.0. The maximum absolute atomic E-state index is 13.6. The standard InChI is InChI=1S/C65H129N2O7P/c1-7-10-13-16-19-22-25-27-28-29-30-31-32-33-34-35-36-37-38-40-43-45-48-51-54-57-64(68)66-62(61-73-75(70,71)72-60-59-67(4,5)6)63(56-53-50-47-44-42-39-26-23-20-17-14-11-8-2)74-65(69)58-55-52-49-46-41-24-21-18-15-12-9-3/h53,56,62-63H,7-52,54-55,57-61H2,1-6H3,(H-,66,68,70,71)/p+1/b56-53+. The van der Waals surface area contributed by atoms with Crippen LogP contribution in [-0.2, 0) is 27.9 Å². The van der Waals surface area contributed by atoms with Crippen molar-refractivity contribution in [3.63, 3.8) is 0 Å². The fourth-order valence-electron chi connectivity index (χ4n) is 10.1. The molecule has 0 aromatic rings. The van der Waals surface area contributed by atoms with Gasteiger partial charge in [0.15, 0.2) is 0 Å². The van der Waals surface area contributed by atoms with Gasteiger partial charge >= 0.3 is 13.8 Å². The van der Waals surface area contributed by atoms with Gasteiger partial charge in [0.25, 0.3) is 0 Å². The molecular formula is C65H130N2O7P+. The summed E-state index contributed by atoms with van der Waals surface area (Å²) < 4.78 is 30.7. The van der Waals surface area contributed by atoms with Crippen LogP contribution in [0, 0.1) is 0 Å². The number of ether oxygens (including phenoxy) is 1. The van der Waals surface area contributed by atoms with Crippen molar-refractivity contribution < 1.29 is 37.3 Å². The van der Waals surface area contributed by atoms with E-state index in [0.29, 0.717) is 23.9 Å². The lowest BCUT2D eigenvalue weighted by Gasteiger charge is -2.27. The van der Waals surface area contributed by atoms with Gasteiger partial charge in [0.05, 0.1) is 33.8 Å². The van der Waals surface area contributed by atoms with Crippen molar-refractivity contribution in [1.29, 1.82) is 0 Å². The lowest BCUT2D eigenvalue weighted by Crippen LogP contribution is -2.47. The molecule has 0 aliphatic rings. The molecule has 0 saturated carbocycles. The molecule has 9 nitrogen and oxygen atoms in total. The van der Waals surface area contributed by atoms with Crippen LogP contribution in [0.25, 0.3) is 0 Å². The monoisotopic (exact) mass is 1080 g/mol. The van der Waals surface area contributed by atoms with Crippen LogP contribution in [0.2, 0.25) is 0 Å². The van der Waals surface area contributed by atoms with Crippen LogP contribution in [0.3, 0.4) is 0 Å². The largest absolute Gasteiger partial charge is 0.472 e. The summed E-state index contributed by atoms with van der Waals surface area (Å²) in [6.07, 6.45) is 65.1. The van der Waals surface area contributed by atoms with Gasteiger partial charge in [-0.15, -0.1) is 0 Å². The van der Waals surface area contributed by atoms with Crippen molar-refractivity contribution in [3.05, 3.63) is 12.2 Å². The third-order valence-corrected chi connectivity index (χ3v) is 16.2. The Morgan fingerprint density at radius 2 is 0.760 bits per heavy atom. The molecule has 446 valence electrons. The lowest BCUT2D eigenvalue weighted by molar-refractivity contribution is -0.870. The van der Waals surface area contributed by atoms with E-state index in [-0.39, 0.29) is 25.1 Å². The third-order valence-electron chi connectivity index (χ3n) is 15.2. The van der Waals surface area contributed by atoms with Crippen LogP contribution in [0.5, 0.6) is 0 Å². The fourth-order valence-corrected chi connectivity index (χ4v) is 10.9. The topological polar surface area (TPSA) is 111 Å². The van der Waals surface area contributed by atoms with Gasteiger partial charge in [-0.25, -0.2) is 4.57 Å². The fraction of sp³-hybridized carbons (Fsp3) is 0.938. The van der Waals surface area contributed by atoms with E-state index in [4.69, 9.17) is 13.8 Å². The van der Waals surface area contributed by atoms with Crippen LogP contribution in [0.15, 0.2) is 12.2 Å². The van der Waals surface area contributed by atoms with E-state index in [2.05, 4.69) is 26.1 Å². The summed E-state index contributed by atoms with van der Waals surface area (Å²) in [5.41, 5.74) is 0. The minimum Gasteiger partial charge on any atom is -0.456 e. The molecule has 10 heteroatoms. The first-order chi connectivity index (χ1) is 36.4. The number of rotatable bonds is 61. The average molecular weight is 1080 g/mol. The molecule has 0 fully saturated rings. The highest BCUT2D eigenvalue weighted by Gasteiger charge is 2.30. The van der Waals surface area contributed by atoms with Crippen molar-refractivity contribution in [2.24, 2.45) is 0 Å². The lowest BCUT2D eigenvalue weighted by atomic mass is 10.0. The van der Waals surface area contributed by atoms with Gasteiger partial charge in [0, 0.05) is 12.8 Å².